The molecule has 1 fully saturated rings. The molecule has 23 heavy (non-hydrogen) atoms. The lowest BCUT2D eigenvalue weighted by molar-refractivity contribution is -0.306. The third kappa shape index (κ3) is 5.01. The SMILES string of the molecule is OC[C@@H](O)[C@@H](O)[C@H](O)[C@@H](O)CO[C@H]1O[C@H](CO)[C@H](O)[C@@H](O)[C@@H]1O. The van der Waals surface area contributed by atoms with Crippen LogP contribution in [0.25, 0.3) is 0 Å². The summed E-state index contributed by atoms with van der Waals surface area (Å²) in [6.45, 7) is -2.16. The van der Waals surface area contributed by atoms with Crippen molar-refractivity contribution >= 4 is 0 Å². The van der Waals surface area contributed by atoms with Gasteiger partial charge in [-0.25, -0.2) is 0 Å². The van der Waals surface area contributed by atoms with Crippen molar-refractivity contribution in [2.45, 2.75) is 55.1 Å². The van der Waals surface area contributed by atoms with Crippen LogP contribution >= 0.6 is 0 Å². The van der Waals surface area contributed by atoms with Gasteiger partial charge in [0, 0.05) is 0 Å². The molecule has 0 aliphatic carbocycles. The van der Waals surface area contributed by atoms with Gasteiger partial charge >= 0.3 is 0 Å². The molecule has 1 aliphatic heterocycles. The summed E-state index contributed by atoms with van der Waals surface area (Å²) in [6.07, 6.45) is -14.7. The van der Waals surface area contributed by atoms with Gasteiger partial charge in [0.25, 0.3) is 0 Å². The predicted molar refractivity (Wildman–Crippen MR) is 70.8 cm³/mol. The lowest BCUT2D eigenvalue weighted by Crippen LogP contribution is -2.59. The van der Waals surface area contributed by atoms with E-state index in [9.17, 15) is 35.7 Å². The van der Waals surface area contributed by atoms with Gasteiger partial charge in [-0.2, -0.15) is 0 Å². The third-order valence-electron chi connectivity index (χ3n) is 3.61. The zero-order valence-electron chi connectivity index (χ0n) is 12.2. The van der Waals surface area contributed by atoms with E-state index in [2.05, 4.69) is 0 Å². The highest BCUT2D eigenvalue weighted by atomic mass is 16.7. The first kappa shape index (κ1) is 20.6. The van der Waals surface area contributed by atoms with Crippen molar-refractivity contribution in [3.05, 3.63) is 0 Å². The van der Waals surface area contributed by atoms with Gasteiger partial charge in [0.1, 0.15) is 48.8 Å². The molecule has 1 saturated heterocycles. The maximum Gasteiger partial charge on any atom is 0.186 e. The topological polar surface area (TPSA) is 201 Å². The molecule has 1 aliphatic rings. The van der Waals surface area contributed by atoms with Gasteiger partial charge in [-0.05, 0) is 0 Å². The molecule has 0 spiro atoms. The highest BCUT2D eigenvalue weighted by Gasteiger charge is 2.44. The molecule has 0 radical (unpaired) electrons. The molecule has 11 heteroatoms. The van der Waals surface area contributed by atoms with Crippen LogP contribution in [0.4, 0.5) is 0 Å². The minimum absolute atomic E-state index is 0.655. The Kier molecular flexibility index (Phi) is 8.20. The number of aliphatic hydroxyl groups excluding tert-OH is 9. The van der Waals surface area contributed by atoms with Crippen molar-refractivity contribution in [2.24, 2.45) is 0 Å². The van der Waals surface area contributed by atoms with Gasteiger partial charge in [-0.1, -0.05) is 0 Å². The third-order valence-corrected chi connectivity index (χ3v) is 3.61. The maximum atomic E-state index is 9.70. The van der Waals surface area contributed by atoms with E-state index in [0.29, 0.717) is 0 Å². The van der Waals surface area contributed by atoms with E-state index in [1.54, 1.807) is 0 Å². The van der Waals surface area contributed by atoms with Crippen molar-refractivity contribution in [1.82, 2.24) is 0 Å². The Morgan fingerprint density at radius 2 is 1.39 bits per heavy atom. The van der Waals surface area contributed by atoms with E-state index >= 15 is 0 Å². The minimum Gasteiger partial charge on any atom is -0.394 e. The van der Waals surface area contributed by atoms with Crippen molar-refractivity contribution < 1.29 is 55.4 Å². The van der Waals surface area contributed by atoms with E-state index in [4.69, 9.17) is 19.7 Å². The van der Waals surface area contributed by atoms with Crippen LogP contribution in [0.15, 0.2) is 0 Å². The molecule has 0 aromatic rings. The van der Waals surface area contributed by atoms with Crippen LogP contribution in [0.5, 0.6) is 0 Å². The summed E-state index contributed by atoms with van der Waals surface area (Å²) in [4.78, 5) is 0. The van der Waals surface area contributed by atoms with Crippen LogP contribution in [0.3, 0.4) is 0 Å². The molecule has 0 aromatic heterocycles. The molecule has 0 aromatic carbocycles. The molecule has 11 nitrogen and oxygen atoms in total. The Morgan fingerprint density at radius 1 is 0.826 bits per heavy atom. The molecule has 0 unspecified atom stereocenters. The highest BCUT2D eigenvalue weighted by molar-refractivity contribution is 4.89. The van der Waals surface area contributed by atoms with Gasteiger partial charge in [0.15, 0.2) is 6.29 Å². The first-order valence-corrected chi connectivity index (χ1v) is 6.99. The summed E-state index contributed by atoms with van der Waals surface area (Å²) in [7, 11) is 0. The highest BCUT2D eigenvalue weighted by Crippen LogP contribution is 2.22. The van der Waals surface area contributed by atoms with Gasteiger partial charge in [-0.3, -0.25) is 0 Å². The van der Waals surface area contributed by atoms with Crippen LogP contribution < -0.4 is 0 Å². The summed E-state index contributed by atoms with van der Waals surface area (Å²) < 4.78 is 9.99. The van der Waals surface area contributed by atoms with Gasteiger partial charge in [0.2, 0.25) is 0 Å². The number of hydrogen-bond donors (Lipinski definition) is 9. The lowest BCUT2D eigenvalue weighted by atomic mass is 9.99. The van der Waals surface area contributed by atoms with Crippen molar-refractivity contribution in [2.75, 3.05) is 19.8 Å². The fraction of sp³-hybridized carbons (Fsp3) is 1.00. The Balaban J connectivity index is 2.55. The zero-order valence-corrected chi connectivity index (χ0v) is 12.2. The second-order valence-corrected chi connectivity index (χ2v) is 5.33. The molecular weight excluding hydrogens is 320 g/mol. The first-order valence-electron chi connectivity index (χ1n) is 6.99. The standard InChI is InChI=1S/C12H24O11/c13-1-4(15)7(17)8(18)5(16)3-22-12-11(21)10(20)9(19)6(2-14)23-12/h4-21H,1-3H2/t4-,5+,6-,7-,8-,9+,10-,11+,12+/m1/s1. The Labute approximate surface area is 131 Å². The monoisotopic (exact) mass is 344 g/mol. The number of ether oxygens (including phenoxy) is 2. The van der Waals surface area contributed by atoms with Gasteiger partial charge in [0.05, 0.1) is 19.8 Å². The maximum absolute atomic E-state index is 9.70. The normalized spacial score (nSPS) is 37.2. The van der Waals surface area contributed by atoms with E-state index in [1.807, 2.05) is 0 Å². The fourth-order valence-corrected chi connectivity index (χ4v) is 2.06. The molecule has 0 bridgehead atoms. The molecule has 9 atom stereocenters. The second kappa shape index (κ2) is 9.15. The molecule has 1 rings (SSSR count). The van der Waals surface area contributed by atoms with Crippen LogP contribution in [0, 0.1) is 0 Å². The van der Waals surface area contributed by atoms with E-state index in [0.717, 1.165) is 0 Å². The molecular formula is C12H24O11. The largest absolute Gasteiger partial charge is 0.394 e. The van der Waals surface area contributed by atoms with E-state index in [-0.39, 0.29) is 0 Å². The van der Waals surface area contributed by atoms with Gasteiger partial charge in [-0.15, -0.1) is 0 Å². The van der Waals surface area contributed by atoms with Crippen LogP contribution in [-0.4, -0.2) is 121 Å². The molecule has 0 amide bonds. The number of hydrogen-bond acceptors (Lipinski definition) is 11. The summed E-state index contributed by atoms with van der Waals surface area (Å²) in [5.74, 6) is 0. The Bertz CT molecular complexity index is 341. The Hall–Kier alpha value is -0.440. The van der Waals surface area contributed by atoms with Crippen molar-refractivity contribution in [3.8, 4) is 0 Å². The van der Waals surface area contributed by atoms with E-state index < -0.39 is 74.9 Å². The molecule has 138 valence electrons. The predicted octanol–water partition coefficient (Wildman–Crippen LogP) is -5.76. The smallest absolute Gasteiger partial charge is 0.186 e. The van der Waals surface area contributed by atoms with Crippen molar-refractivity contribution in [3.63, 3.8) is 0 Å². The van der Waals surface area contributed by atoms with Crippen LogP contribution in [-0.2, 0) is 9.47 Å². The molecule has 9 N–H and O–H groups in total. The van der Waals surface area contributed by atoms with Crippen LogP contribution in [0.1, 0.15) is 0 Å². The zero-order chi connectivity index (χ0) is 17.7. The average Bonchev–Trinajstić information content (AvgIpc) is 2.56. The molecule has 0 saturated carbocycles. The molecule has 1 heterocycles. The fourth-order valence-electron chi connectivity index (χ4n) is 2.06. The van der Waals surface area contributed by atoms with Crippen molar-refractivity contribution in [1.29, 1.82) is 0 Å². The lowest BCUT2D eigenvalue weighted by Gasteiger charge is -2.40. The summed E-state index contributed by atoms with van der Waals surface area (Å²) in [5, 5.41) is 84.4. The average molecular weight is 344 g/mol. The van der Waals surface area contributed by atoms with E-state index in [1.165, 1.54) is 0 Å². The summed E-state index contributed by atoms with van der Waals surface area (Å²) in [5.41, 5.74) is 0. The number of aliphatic hydroxyl groups is 9. The second-order valence-electron chi connectivity index (χ2n) is 5.33. The minimum atomic E-state index is -1.86. The quantitative estimate of drug-likeness (QED) is 0.203. The summed E-state index contributed by atoms with van der Waals surface area (Å²) in [6, 6.07) is 0. The van der Waals surface area contributed by atoms with Gasteiger partial charge < -0.3 is 55.4 Å². The Morgan fingerprint density at radius 3 is 1.91 bits per heavy atom. The van der Waals surface area contributed by atoms with Crippen LogP contribution in [0.2, 0.25) is 0 Å². The first-order chi connectivity index (χ1) is 10.7. The summed E-state index contributed by atoms with van der Waals surface area (Å²) >= 11 is 0. The number of rotatable bonds is 8.